The second-order valence-electron chi connectivity index (χ2n) is 4.11. The Morgan fingerprint density at radius 1 is 1.53 bits per heavy atom. The molecule has 1 atom stereocenters. The molecule has 1 aromatic carbocycles. The highest BCUT2D eigenvalue weighted by molar-refractivity contribution is 5.76. The Labute approximate surface area is 102 Å². The third kappa shape index (κ3) is 5.36. The highest BCUT2D eigenvalue weighted by Crippen LogP contribution is 2.08. The summed E-state index contributed by atoms with van der Waals surface area (Å²) >= 11 is 0. The summed E-state index contributed by atoms with van der Waals surface area (Å²) in [4.78, 5) is 11.5. The molecule has 0 saturated heterocycles. The van der Waals surface area contributed by atoms with E-state index in [0.29, 0.717) is 31.5 Å². The van der Waals surface area contributed by atoms with Crippen LogP contribution in [0.3, 0.4) is 0 Å². The molecule has 17 heavy (non-hydrogen) atoms. The molecular weight excluding hydrogens is 216 g/mol. The van der Waals surface area contributed by atoms with Crippen LogP contribution in [-0.4, -0.2) is 23.7 Å². The maximum absolute atomic E-state index is 11.5. The first kappa shape index (κ1) is 13.5. The van der Waals surface area contributed by atoms with Crippen molar-refractivity contribution < 1.29 is 9.90 Å². The summed E-state index contributed by atoms with van der Waals surface area (Å²) in [6, 6.07) is 7.52. The van der Waals surface area contributed by atoms with Gasteiger partial charge >= 0.3 is 0 Å². The van der Waals surface area contributed by atoms with E-state index in [0.717, 1.165) is 5.56 Å². The first-order valence-electron chi connectivity index (χ1n) is 5.91. The molecule has 0 spiro atoms. The molecule has 0 radical (unpaired) electrons. The van der Waals surface area contributed by atoms with Crippen LogP contribution in [0.15, 0.2) is 24.3 Å². The molecular formula is C13H20N2O2. The molecule has 0 fully saturated rings. The van der Waals surface area contributed by atoms with Gasteiger partial charge < -0.3 is 16.2 Å². The van der Waals surface area contributed by atoms with Crippen molar-refractivity contribution in [3.8, 4) is 0 Å². The van der Waals surface area contributed by atoms with E-state index in [4.69, 9.17) is 5.73 Å². The van der Waals surface area contributed by atoms with Crippen molar-refractivity contribution in [2.75, 3.05) is 12.3 Å². The average molecular weight is 236 g/mol. The number of aryl methyl sites for hydroxylation is 1. The quantitative estimate of drug-likeness (QED) is 0.647. The van der Waals surface area contributed by atoms with E-state index >= 15 is 0 Å². The Hall–Kier alpha value is -1.55. The van der Waals surface area contributed by atoms with Gasteiger partial charge in [0.05, 0.1) is 6.10 Å². The Kier molecular flexibility index (Phi) is 5.49. The van der Waals surface area contributed by atoms with Gasteiger partial charge in [0.1, 0.15) is 0 Å². The van der Waals surface area contributed by atoms with E-state index in [1.807, 2.05) is 31.2 Å². The molecule has 94 valence electrons. The average Bonchev–Trinajstić information content (AvgIpc) is 2.33. The van der Waals surface area contributed by atoms with E-state index in [1.165, 1.54) is 0 Å². The SMILES string of the molecule is CCC(O)CNC(=O)CCc1cccc(N)c1. The smallest absolute Gasteiger partial charge is 0.220 e. The molecule has 4 heteroatoms. The van der Waals surface area contributed by atoms with Gasteiger partial charge in [-0.15, -0.1) is 0 Å². The summed E-state index contributed by atoms with van der Waals surface area (Å²) in [5.41, 5.74) is 7.41. The highest BCUT2D eigenvalue weighted by atomic mass is 16.3. The van der Waals surface area contributed by atoms with Gasteiger partial charge in [-0.2, -0.15) is 0 Å². The van der Waals surface area contributed by atoms with Crippen LogP contribution in [0.5, 0.6) is 0 Å². The van der Waals surface area contributed by atoms with Gasteiger partial charge in [-0.25, -0.2) is 0 Å². The van der Waals surface area contributed by atoms with Crippen molar-refractivity contribution in [1.29, 1.82) is 0 Å². The number of carbonyl (C=O) groups excluding carboxylic acids is 1. The summed E-state index contributed by atoms with van der Waals surface area (Å²) in [7, 11) is 0. The summed E-state index contributed by atoms with van der Waals surface area (Å²) in [6.45, 7) is 2.20. The molecule has 0 heterocycles. The Morgan fingerprint density at radius 3 is 2.94 bits per heavy atom. The zero-order chi connectivity index (χ0) is 12.7. The molecule has 4 nitrogen and oxygen atoms in total. The van der Waals surface area contributed by atoms with E-state index in [-0.39, 0.29) is 5.91 Å². The van der Waals surface area contributed by atoms with Gasteiger partial charge in [-0.1, -0.05) is 19.1 Å². The number of anilines is 1. The zero-order valence-electron chi connectivity index (χ0n) is 10.1. The number of aliphatic hydroxyl groups is 1. The number of hydrogen-bond acceptors (Lipinski definition) is 3. The predicted molar refractivity (Wildman–Crippen MR) is 68.5 cm³/mol. The molecule has 1 amide bonds. The first-order valence-corrected chi connectivity index (χ1v) is 5.91. The van der Waals surface area contributed by atoms with Crippen molar-refractivity contribution in [3.63, 3.8) is 0 Å². The van der Waals surface area contributed by atoms with Gasteiger partial charge in [0, 0.05) is 18.7 Å². The second kappa shape index (κ2) is 6.91. The van der Waals surface area contributed by atoms with Gasteiger partial charge in [0.2, 0.25) is 5.91 Å². The van der Waals surface area contributed by atoms with Crippen molar-refractivity contribution in [1.82, 2.24) is 5.32 Å². The van der Waals surface area contributed by atoms with Crippen LogP contribution in [0.1, 0.15) is 25.3 Å². The van der Waals surface area contributed by atoms with E-state index in [2.05, 4.69) is 5.32 Å². The predicted octanol–water partition coefficient (Wildman–Crippen LogP) is 1.09. The summed E-state index contributed by atoms with van der Waals surface area (Å²) < 4.78 is 0. The maximum atomic E-state index is 11.5. The van der Waals surface area contributed by atoms with Crippen LogP contribution in [0.25, 0.3) is 0 Å². The van der Waals surface area contributed by atoms with E-state index < -0.39 is 6.10 Å². The summed E-state index contributed by atoms with van der Waals surface area (Å²) in [6.07, 6.45) is 1.28. The molecule has 0 aliphatic heterocycles. The van der Waals surface area contributed by atoms with Crippen molar-refractivity contribution in [2.45, 2.75) is 32.3 Å². The van der Waals surface area contributed by atoms with Gasteiger partial charge in [0.15, 0.2) is 0 Å². The van der Waals surface area contributed by atoms with Crippen LogP contribution in [0.2, 0.25) is 0 Å². The number of hydrogen-bond donors (Lipinski definition) is 3. The monoisotopic (exact) mass is 236 g/mol. The van der Waals surface area contributed by atoms with Crippen LogP contribution in [-0.2, 0) is 11.2 Å². The molecule has 0 aliphatic rings. The molecule has 4 N–H and O–H groups in total. The number of carbonyl (C=O) groups is 1. The van der Waals surface area contributed by atoms with Gasteiger partial charge in [0.25, 0.3) is 0 Å². The number of benzene rings is 1. The van der Waals surface area contributed by atoms with Crippen LogP contribution in [0.4, 0.5) is 5.69 Å². The summed E-state index contributed by atoms with van der Waals surface area (Å²) in [5.74, 6) is -0.0417. The fourth-order valence-corrected chi connectivity index (χ4v) is 1.47. The first-order chi connectivity index (χ1) is 8.11. The van der Waals surface area contributed by atoms with Crippen LogP contribution < -0.4 is 11.1 Å². The molecule has 0 aromatic heterocycles. The lowest BCUT2D eigenvalue weighted by molar-refractivity contribution is -0.121. The van der Waals surface area contributed by atoms with Gasteiger partial charge in [-0.05, 0) is 30.5 Å². The lowest BCUT2D eigenvalue weighted by Gasteiger charge is -2.09. The number of nitrogen functional groups attached to an aromatic ring is 1. The number of nitrogens with two attached hydrogens (primary N) is 1. The minimum atomic E-state index is -0.452. The lowest BCUT2D eigenvalue weighted by Crippen LogP contribution is -2.31. The largest absolute Gasteiger partial charge is 0.399 e. The Morgan fingerprint density at radius 2 is 2.29 bits per heavy atom. The second-order valence-corrected chi connectivity index (χ2v) is 4.11. The highest BCUT2D eigenvalue weighted by Gasteiger charge is 2.05. The maximum Gasteiger partial charge on any atom is 0.220 e. The standard InChI is InChI=1S/C13H20N2O2/c1-2-12(16)9-15-13(17)7-6-10-4-3-5-11(14)8-10/h3-5,8,12,16H,2,6-7,9,14H2,1H3,(H,15,17). The number of rotatable bonds is 6. The number of amides is 1. The van der Waals surface area contributed by atoms with Crippen molar-refractivity contribution >= 4 is 11.6 Å². The minimum absolute atomic E-state index is 0.0417. The molecule has 1 aromatic rings. The zero-order valence-corrected chi connectivity index (χ0v) is 10.1. The minimum Gasteiger partial charge on any atom is -0.399 e. The topological polar surface area (TPSA) is 75.3 Å². The Balaban J connectivity index is 2.28. The summed E-state index contributed by atoms with van der Waals surface area (Å²) in [5, 5.41) is 12.0. The molecule has 0 aliphatic carbocycles. The van der Waals surface area contributed by atoms with Crippen LogP contribution in [0, 0.1) is 0 Å². The fourth-order valence-electron chi connectivity index (χ4n) is 1.47. The normalized spacial score (nSPS) is 12.1. The van der Waals surface area contributed by atoms with E-state index in [9.17, 15) is 9.90 Å². The lowest BCUT2D eigenvalue weighted by atomic mass is 10.1. The fraction of sp³-hybridized carbons (Fsp3) is 0.462. The number of nitrogens with one attached hydrogen (secondary N) is 1. The van der Waals surface area contributed by atoms with Crippen molar-refractivity contribution in [2.24, 2.45) is 0 Å². The van der Waals surface area contributed by atoms with Crippen LogP contribution >= 0.6 is 0 Å². The molecule has 1 unspecified atom stereocenters. The molecule has 1 rings (SSSR count). The third-order valence-corrected chi connectivity index (χ3v) is 2.60. The third-order valence-electron chi connectivity index (χ3n) is 2.60. The van der Waals surface area contributed by atoms with E-state index in [1.54, 1.807) is 0 Å². The van der Waals surface area contributed by atoms with Crippen molar-refractivity contribution in [3.05, 3.63) is 29.8 Å². The molecule has 0 bridgehead atoms. The van der Waals surface area contributed by atoms with Gasteiger partial charge in [-0.3, -0.25) is 4.79 Å². The number of aliphatic hydroxyl groups excluding tert-OH is 1. The Bertz CT molecular complexity index is 366. The molecule has 0 saturated carbocycles.